The van der Waals surface area contributed by atoms with Crippen molar-refractivity contribution in [2.45, 2.75) is 77.7 Å². The van der Waals surface area contributed by atoms with Crippen molar-refractivity contribution in [2.75, 3.05) is 6.54 Å². The summed E-state index contributed by atoms with van der Waals surface area (Å²) in [7, 11) is 0. The van der Waals surface area contributed by atoms with Gasteiger partial charge in [-0.25, -0.2) is 14.5 Å². The molecule has 2 aliphatic rings. The first-order chi connectivity index (χ1) is 13.8. The van der Waals surface area contributed by atoms with Crippen LogP contribution in [0.25, 0.3) is 0 Å². The number of nitrogens with zero attached hydrogens (tertiary/aromatic N) is 2. The number of hydrogen-bond acceptors (Lipinski definition) is 6. The molecule has 2 fully saturated rings. The van der Waals surface area contributed by atoms with E-state index in [1.54, 1.807) is 47.7 Å². The molecule has 0 radical (unpaired) electrons. The number of ether oxygens (including phenoxy) is 2. The topological polar surface area (TPSA) is 80.8 Å². The molecule has 166 valence electrons. The molecule has 0 unspecified atom stereocenters. The molecule has 30 heavy (non-hydrogen) atoms. The van der Waals surface area contributed by atoms with Crippen LogP contribution in [0.3, 0.4) is 0 Å². The van der Waals surface area contributed by atoms with E-state index in [-0.39, 0.29) is 18.0 Å². The van der Waals surface area contributed by atoms with Gasteiger partial charge >= 0.3 is 12.2 Å². The molecule has 0 bridgehead atoms. The standard InChI is InChI=1S/C22H32BrN3O4/c1-21(2,3)29-19(27)26(20(28)30-22(4,5)6)15-9-13-11-25-18(16(13)10-15)17-8-7-14(23)12-24-17/h7-8,12-13,15-16,18,25H,9-11H2,1-6H3/t13-,15+,16+,18+/m1/s1. The molecule has 2 heterocycles. The molecular weight excluding hydrogens is 450 g/mol. The number of fused-ring (bicyclic) bond motifs is 1. The van der Waals surface area contributed by atoms with Crippen LogP contribution < -0.4 is 5.32 Å². The molecule has 2 amide bonds. The zero-order valence-electron chi connectivity index (χ0n) is 18.6. The van der Waals surface area contributed by atoms with Crippen molar-refractivity contribution in [1.82, 2.24) is 15.2 Å². The van der Waals surface area contributed by atoms with E-state index in [2.05, 4.69) is 26.2 Å². The van der Waals surface area contributed by atoms with E-state index in [0.29, 0.717) is 12.3 Å². The summed E-state index contributed by atoms with van der Waals surface area (Å²) in [6.07, 6.45) is 1.92. The molecule has 1 aromatic rings. The third kappa shape index (κ3) is 5.52. The Balaban J connectivity index is 1.80. The number of hydrogen-bond donors (Lipinski definition) is 1. The number of rotatable bonds is 2. The van der Waals surface area contributed by atoms with Crippen LogP contribution in [-0.4, -0.2) is 45.9 Å². The van der Waals surface area contributed by atoms with Crippen molar-refractivity contribution in [3.8, 4) is 0 Å². The third-order valence-corrected chi connectivity index (χ3v) is 5.84. The number of imide groups is 1. The average Bonchev–Trinajstić information content (AvgIpc) is 3.13. The molecule has 1 aromatic heterocycles. The highest BCUT2D eigenvalue weighted by Gasteiger charge is 2.49. The molecule has 7 nitrogen and oxygen atoms in total. The summed E-state index contributed by atoms with van der Waals surface area (Å²) in [5.74, 6) is 0.647. The average molecular weight is 482 g/mol. The first-order valence-electron chi connectivity index (χ1n) is 10.4. The number of aromatic nitrogens is 1. The Morgan fingerprint density at radius 3 is 2.17 bits per heavy atom. The Kier molecular flexibility index (Phi) is 6.49. The Morgan fingerprint density at radius 2 is 1.67 bits per heavy atom. The Morgan fingerprint density at radius 1 is 1.07 bits per heavy atom. The first-order valence-corrected chi connectivity index (χ1v) is 11.2. The number of amides is 2. The smallest absolute Gasteiger partial charge is 0.420 e. The van der Waals surface area contributed by atoms with Crippen molar-refractivity contribution in [3.63, 3.8) is 0 Å². The van der Waals surface area contributed by atoms with Crippen LogP contribution in [0.4, 0.5) is 9.59 Å². The Labute approximate surface area is 187 Å². The van der Waals surface area contributed by atoms with Gasteiger partial charge in [-0.15, -0.1) is 0 Å². The highest BCUT2D eigenvalue weighted by Crippen LogP contribution is 2.46. The number of halogens is 1. The van der Waals surface area contributed by atoms with Gasteiger partial charge in [-0.1, -0.05) is 0 Å². The van der Waals surface area contributed by atoms with Crippen molar-refractivity contribution in [1.29, 1.82) is 0 Å². The van der Waals surface area contributed by atoms with E-state index in [9.17, 15) is 9.59 Å². The molecule has 1 aliphatic carbocycles. The van der Waals surface area contributed by atoms with Gasteiger partial charge in [0.1, 0.15) is 11.2 Å². The zero-order valence-corrected chi connectivity index (χ0v) is 20.2. The van der Waals surface area contributed by atoms with E-state index in [0.717, 1.165) is 23.1 Å². The van der Waals surface area contributed by atoms with Crippen molar-refractivity contribution < 1.29 is 19.1 Å². The maximum Gasteiger partial charge on any atom is 0.420 e. The minimum Gasteiger partial charge on any atom is -0.443 e. The minimum atomic E-state index is -0.697. The molecule has 0 aromatic carbocycles. The van der Waals surface area contributed by atoms with Gasteiger partial charge in [0.15, 0.2) is 0 Å². The van der Waals surface area contributed by atoms with Crippen LogP contribution in [0.5, 0.6) is 0 Å². The second-order valence-electron chi connectivity index (χ2n) is 10.2. The van der Waals surface area contributed by atoms with Gasteiger partial charge in [0, 0.05) is 16.7 Å². The molecule has 1 N–H and O–H groups in total. The van der Waals surface area contributed by atoms with E-state index < -0.39 is 23.4 Å². The lowest BCUT2D eigenvalue weighted by atomic mass is 9.92. The van der Waals surface area contributed by atoms with E-state index in [1.807, 2.05) is 12.1 Å². The second kappa shape index (κ2) is 8.46. The van der Waals surface area contributed by atoms with Gasteiger partial charge in [0.25, 0.3) is 0 Å². The molecule has 8 heteroatoms. The third-order valence-electron chi connectivity index (χ3n) is 5.37. The van der Waals surface area contributed by atoms with Crippen molar-refractivity contribution in [2.24, 2.45) is 11.8 Å². The van der Waals surface area contributed by atoms with Gasteiger partial charge in [0.2, 0.25) is 0 Å². The molecule has 1 saturated carbocycles. The lowest BCUT2D eigenvalue weighted by Crippen LogP contribution is -2.48. The molecule has 4 atom stereocenters. The molecule has 3 rings (SSSR count). The normalized spacial score (nSPS) is 26.2. The summed E-state index contributed by atoms with van der Waals surface area (Å²) in [6.45, 7) is 11.6. The fraction of sp³-hybridized carbons (Fsp3) is 0.682. The van der Waals surface area contributed by atoms with Crippen LogP contribution in [0.1, 0.15) is 66.1 Å². The predicted molar refractivity (Wildman–Crippen MR) is 117 cm³/mol. The molecule has 1 saturated heterocycles. The predicted octanol–water partition coefficient (Wildman–Crippen LogP) is 5.06. The van der Waals surface area contributed by atoms with Crippen LogP contribution in [0.2, 0.25) is 0 Å². The van der Waals surface area contributed by atoms with E-state index in [4.69, 9.17) is 9.47 Å². The van der Waals surface area contributed by atoms with Gasteiger partial charge in [-0.3, -0.25) is 4.98 Å². The van der Waals surface area contributed by atoms with Crippen LogP contribution in [0, 0.1) is 11.8 Å². The zero-order chi connectivity index (χ0) is 22.3. The molecular formula is C22H32BrN3O4. The van der Waals surface area contributed by atoms with Crippen LogP contribution in [-0.2, 0) is 9.47 Å². The largest absolute Gasteiger partial charge is 0.443 e. The van der Waals surface area contributed by atoms with E-state index >= 15 is 0 Å². The summed E-state index contributed by atoms with van der Waals surface area (Å²) < 4.78 is 12.0. The summed E-state index contributed by atoms with van der Waals surface area (Å²) in [5.41, 5.74) is -0.415. The summed E-state index contributed by atoms with van der Waals surface area (Å²) in [6, 6.07) is 3.84. The lowest BCUT2D eigenvalue weighted by Gasteiger charge is -2.32. The second-order valence-corrected chi connectivity index (χ2v) is 11.1. The summed E-state index contributed by atoms with van der Waals surface area (Å²) >= 11 is 3.43. The summed E-state index contributed by atoms with van der Waals surface area (Å²) in [5, 5.41) is 3.56. The van der Waals surface area contributed by atoms with E-state index in [1.165, 1.54) is 4.90 Å². The van der Waals surface area contributed by atoms with Gasteiger partial charge in [0.05, 0.1) is 11.7 Å². The Hall–Kier alpha value is -1.67. The highest BCUT2D eigenvalue weighted by atomic mass is 79.9. The van der Waals surface area contributed by atoms with Crippen LogP contribution >= 0.6 is 15.9 Å². The quantitative estimate of drug-likeness (QED) is 0.635. The van der Waals surface area contributed by atoms with Gasteiger partial charge < -0.3 is 14.8 Å². The monoisotopic (exact) mass is 481 g/mol. The fourth-order valence-electron chi connectivity index (χ4n) is 4.30. The highest BCUT2D eigenvalue weighted by molar-refractivity contribution is 9.10. The first kappa shape index (κ1) is 23.0. The van der Waals surface area contributed by atoms with Gasteiger partial charge in [-0.05, 0) is 101 Å². The number of pyridine rings is 1. The molecule has 0 spiro atoms. The lowest BCUT2D eigenvalue weighted by molar-refractivity contribution is -0.00749. The van der Waals surface area contributed by atoms with Crippen LogP contribution in [0.15, 0.2) is 22.8 Å². The number of carbonyl (C=O) groups excluding carboxylic acids is 2. The maximum absolute atomic E-state index is 13.0. The number of nitrogens with one attached hydrogen (secondary N) is 1. The van der Waals surface area contributed by atoms with Gasteiger partial charge in [-0.2, -0.15) is 0 Å². The SMILES string of the molecule is CC(C)(C)OC(=O)N(C(=O)OC(C)(C)C)[C@H]1C[C@@H]2CN[C@H](c3ccc(Br)cn3)[C@H]2C1. The van der Waals surface area contributed by atoms with Crippen molar-refractivity contribution in [3.05, 3.63) is 28.5 Å². The fourth-order valence-corrected chi connectivity index (χ4v) is 4.54. The molecule has 1 aliphatic heterocycles. The summed E-state index contributed by atoms with van der Waals surface area (Å²) in [4.78, 5) is 31.6. The minimum absolute atomic E-state index is 0.104. The number of carbonyl (C=O) groups is 2. The Bertz CT molecular complexity index is 757. The maximum atomic E-state index is 13.0. The van der Waals surface area contributed by atoms with Crippen molar-refractivity contribution >= 4 is 28.1 Å².